The number of hydrogen-bond acceptors (Lipinski definition) is 1. The lowest BCUT2D eigenvalue weighted by Gasteiger charge is -2.14. The Morgan fingerprint density at radius 2 is 1.78 bits per heavy atom. The van der Waals surface area contributed by atoms with Gasteiger partial charge in [0.05, 0.1) is 6.61 Å². The van der Waals surface area contributed by atoms with Crippen molar-refractivity contribution in [3.8, 4) is 0 Å². The van der Waals surface area contributed by atoms with Crippen LogP contribution >= 0.6 is 0 Å². The first-order chi connectivity index (χ1) is 8.45. The van der Waals surface area contributed by atoms with Crippen LogP contribution in [0.1, 0.15) is 60.3 Å². The first-order valence-corrected chi connectivity index (χ1v) is 7.40. The standard InChI is InChI=1S/C17H32O/c1-14(2)12-16(4)10-6-8-15(3)9-7-11-17(5)13-18/h7,9,11,14-16,18H,6,8,10,12-13H2,1-5H3/b9-7+,17-11+. The summed E-state index contributed by atoms with van der Waals surface area (Å²) < 4.78 is 0. The summed E-state index contributed by atoms with van der Waals surface area (Å²) in [5, 5.41) is 8.87. The molecule has 18 heavy (non-hydrogen) atoms. The third-order valence-corrected chi connectivity index (χ3v) is 3.30. The van der Waals surface area contributed by atoms with E-state index in [9.17, 15) is 0 Å². The molecule has 0 saturated heterocycles. The van der Waals surface area contributed by atoms with Crippen molar-refractivity contribution in [2.75, 3.05) is 6.61 Å². The van der Waals surface area contributed by atoms with Crippen LogP contribution in [0.15, 0.2) is 23.8 Å². The van der Waals surface area contributed by atoms with Crippen LogP contribution in [0.4, 0.5) is 0 Å². The van der Waals surface area contributed by atoms with Gasteiger partial charge in [0, 0.05) is 0 Å². The topological polar surface area (TPSA) is 20.2 Å². The van der Waals surface area contributed by atoms with Gasteiger partial charge < -0.3 is 5.11 Å². The van der Waals surface area contributed by atoms with Crippen molar-refractivity contribution in [2.45, 2.75) is 60.3 Å². The second-order valence-electron chi connectivity index (χ2n) is 6.20. The Bertz CT molecular complexity index is 250. The number of rotatable bonds is 9. The zero-order valence-electron chi connectivity index (χ0n) is 12.9. The summed E-state index contributed by atoms with van der Waals surface area (Å²) in [6, 6.07) is 0. The van der Waals surface area contributed by atoms with Crippen molar-refractivity contribution in [3.05, 3.63) is 23.8 Å². The molecule has 0 spiro atoms. The molecule has 2 atom stereocenters. The average molecular weight is 252 g/mol. The fourth-order valence-corrected chi connectivity index (χ4v) is 2.27. The highest BCUT2D eigenvalue weighted by atomic mass is 16.3. The molecule has 0 saturated carbocycles. The lowest BCUT2D eigenvalue weighted by Crippen LogP contribution is -2.01. The summed E-state index contributed by atoms with van der Waals surface area (Å²) in [6.07, 6.45) is 11.6. The second kappa shape index (κ2) is 10.4. The molecule has 0 aliphatic carbocycles. The van der Waals surface area contributed by atoms with Gasteiger partial charge in [0.1, 0.15) is 0 Å². The van der Waals surface area contributed by atoms with Crippen molar-refractivity contribution < 1.29 is 5.11 Å². The minimum Gasteiger partial charge on any atom is -0.392 e. The molecule has 0 aromatic rings. The van der Waals surface area contributed by atoms with E-state index in [1.165, 1.54) is 25.7 Å². The molecule has 0 fully saturated rings. The summed E-state index contributed by atoms with van der Waals surface area (Å²) >= 11 is 0. The summed E-state index contributed by atoms with van der Waals surface area (Å²) in [6.45, 7) is 11.4. The van der Waals surface area contributed by atoms with Gasteiger partial charge >= 0.3 is 0 Å². The molecule has 106 valence electrons. The molecule has 2 unspecified atom stereocenters. The fraction of sp³-hybridized carbons (Fsp3) is 0.765. The van der Waals surface area contributed by atoms with E-state index in [0.717, 1.165) is 17.4 Å². The molecular formula is C17H32O. The minimum absolute atomic E-state index is 0.158. The van der Waals surface area contributed by atoms with Gasteiger partial charge in [-0.3, -0.25) is 0 Å². The maximum Gasteiger partial charge on any atom is 0.0642 e. The van der Waals surface area contributed by atoms with Crippen LogP contribution in [0.2, 0.25) is 0 Å². The van der Waals surface area contributed by atoms with Crippen LogP contribution in [0, 0.1) is 17.8 Å². The quantitative estimate of drug-likeness (QED) is 0.574. The lowest BCUT2D eigenvalue weighted by atomic mass is 9.92. The summed E-state index contributed by atoms with van der Waals surface area (Å²) in [7, 11) is 0. The van der Waals surface area contributed by atoms with Gasteiger partial charge in [-0.1, -0.05) is 58.8 Å². The third kappa shape index (κ3) is 10.6. The van der Waals surface area contributed by atoms with Gasteiger partial charge in [-0.05, 0) is 43.1 Å². The number of allylic oxidation sites excluding steroid dienone is 3. The highest BCUT2D eigenvalue weighted by Crippen LogP contribution is 2.19. The first kappa shape index (κ1) is 17.4. The van der Waals surface area contributed by atoms with E-state index in [4.69, 9.17) is 5.11 Å². The van der Waals surface area contributed by atoms with Crippen LogP contribution in [-0.4, -0.2) is 11.7 Å². The molecule has 1 heteroatoms. The molecule has 0 aromatic heterocycles. The van der Waals surface area contributed by atoms with Crippen LogP contribution in [0.3, 0.4) is 0 Å². The Balaban J connectivity index is 3.74. The molecule has 0 aliphatic heterocycles. The number of aliphatic hydroxyl groups is 1. The second-order valence-corrected chi connectivity index (χ2v) is 6.20. The lowest BCUT2D eigenvalue weighted by molar-refractivity contribution is 0.331. The van der Waals surface area contributed by atoms with Crippen LogP contribution < -0.4 is 0 Å². The predicted molar refractivity (Wildman–Crippen MR) is 81.6 cm³/mol. The van der Waals surface area contributed by atoms with E-state index in [0.29, 0.717) is 5.92 Å². The Kier molecular flexibility index (Phi) is 10.0. The molecule has 0 bridgehead atoms. The molecular weight excluding hydrogens is 220 g/mol. The van der Waals surface area contributed by atoms with Gasteiger partial charge in [-0.2, -0.15) is 0 Å². The zero-order chi connectivity index (χ0) is 14.0. The molecule has 0 amide bonds. The monoisotopic (exact) mass is 252 g/mol. The minimum atomic E-state index is 0.158. The summed E-state index contributed by atoms with van der Waals surface area (Å²) in [4.78, 5) is 0. The Hall–Kier alpha value is -0.560. The van der Waals surface area contributed by atoms with Crippen molar-refractivity contribution in [3.63, 3.8) is 0 Å². The molecule has 0 aromatic carbocycles. The highest BCUT2D eigenvalue weighted by molar-refractivity contribution is 5.11. The normalized spacial score (nSPS) is 16.5. The van der Waals surface area contributed by atoms with Gasteiger partial charge in [-0.25, -0.2) is 0 Å². The van der Waals surface area contributed by atoms with Crippen molar-refractivity contribution >= 4 is 0 Å². The van der Waals surface area contributed by atoms with Gasteiger partial charge in [-0.15, -0.1) is 0 Å². The van der Waals surface area contributed by atoms with Gasteiger partial charge in [0.15, 0.2) is 0 Å². The van der Waals surface area contributed by atoms with Crippen LogP contribution in [0.5, 0.6) is 0 Å². The third-order valence-electron chi connectivity index (χ3n) is 3.30. The maximum atomic E-state index is 8.87. The van der Waals surface area contributed by atoms with Gasteiger partial charge in [0.2, 0.25) is 0 Å². The van der Waals surface area contributed by atoms with Crippen LogP contribution in [0.25, 0.3) is 0 Å². The average Bonchev–Trinajstić information content (AvgIpc) is 2.27. The highest BCUT2D eigenvalue weighted by Gasteiger charge is 2.05. The van der Waals surface area contributed by atoms with Crippen LogP contribution in [-0.2, 0) is 0 Å². The van der Waals surface area contributed by atoms with E-state index in [-0.39, 0.29) is 6.61 Å². The van der Waals surface area contributed by atoms with E-state index in [2.05, 4.69) is 39.8 Å². The molecule has 1 nitrogen and oxygen atoms in total. The van der Waals surface area contributed by atoms with Crippen molar-refractivity contribution in [1.82, 2.24) is 0 Å². The largest absolute Gasteiger partial charge is 0.392 e. The maximum absolute atomic E-state index is 8.87. The van der Waals surface area contributed by atoms with Crippen molar-refractivity contribution in [1.29, 1.82) is 0 Å². The zero-order valence-corrected chi connectivity index (χ0v) is 12.9. The molecule has 0 aliphatic rings. The Labute approximate surface area is 114 Å². The first-order valence-electron chi connectivity index (χ1n) is 7.40. The predicted octanol–water partition coefficient (Wildman–Crippen LogP) is 4.97. The van der Waals surface area contributed by atoms with E-state index in [1.807, 2.05) is 13.0 Å². The van der Waals surface area contributed by atoms with Crippen molar-refractivity contribution in [2.24, 2.45) is 17.8 Å². The molecule has 0 heterocycles. The molecule has 0 rings (SSSR count). The fourth-order valence-electron chi connectivity index (χ4n) is 2.27. The molecule has 0 radical (unpaired) electrons. The summed E-state index contributed by atoms with van der Waals surface area (Å²) in [5.74, 6) is 2.32. The summed E-state index contributed by atoms with van der Waals surface area (Å²) in [5.41, 5.74) is 1.02. The molecule has 1 N–H and O–H groups in total. The van der Waals surface area contributed by atoms with Gasteiger partial charge in [0.25, 0.3) is 0 Å². The Morgan fingerprint density at radius 3 is 2.33 bits per heavy atom. The number of hydrogen-bond donors (Lipinski definition) is 1. The van der Waals surface area contributed by atoms with E-state index in [1.54, 1.807) is 0 Å². The van der Waals surface area contributed by atoms with E-state index < -0.39 is 0 Å². The smallest absolute Gasteiger partial charge is 0.0642 e. The van der Waals surface area contributed by atoms with E-state index >= 15 is 0 Å². The Morgan fingerprint density at radius 1 is 1.11 bits per heavy atom. The SMILES string of the molecule is C/C(=C\C=C\C(C)CCCC(C)CC(C)C)CO. The number of aliphatic hydroxyl groups excluding tert-OH is 1.